The highest BCUT2D eigenvalue weighted by atomic mass is 35.5. The molecule has 0 bridgehead atoms. The van der Waals surface area contributed by atoms with Crippen molar-refractivity contribution < 1.29 is 4.74 Å². The van der Waals surface area contributed by atoms with Crippen LogP contribution in [0.25, 0.3) is 0 Å². The van der Waals surface area contributed by atoms with Crippen LogP contribution in [0, 0.1) is 22.7 Å². The van der Waals surface area contributed by atoms with Crippen LogP contribution in [0.3, 0.4) is 0 Å². The molecule has 1 aromatic rings. The summed E-state index contributed by atoms with van der Waals surface area (Å²) in [6.45, 7) is 0.478. The van der Waals surface area contributed by atoms with Crippen LogP contribution >= 0.6 is 23.2 Å². The van der Waals surface area contributed by atoms with E-state index in [1.54, 1.807) is 30.1 Å². The number of likely N-dealkylation sites (N-methyl/N-ethyl adjacent to an activating group) is 1. The van der Waals surface area contributed by atoms with Gasteiger partial charge in [-0.05, 0) is 12.1 Å². The zero-order valence-electron chi connectivity index (χ0n) is 10.0. The van der Waals surface area contributed by atoms with Gasteiger partial charge in [-0.2, -0.15) is 10.5 Å². The number of hydrogen-bond acceptors (Lipinski definition) is 4. The van der Waals surface area contributed by atoms with Crippen LogP contribution in [0.15, 0.2) is 29.7 Å². The first-order chi connectivity index (χ1) is 9.08. The van der Waals surface area contributed by atoms with Crippen LogP contribution in [0.2, 0.25) is 10.0 Å². The number of nitrogens with zero attached hydrogens (tertiary/aromatic N) is 3. The average Bonchev–Trinajstić information content (AvgIpc) is 2.73. The molecule has 2 rings (SSSR count). The Morgan fingerprint density at radius 3 is 2.42 bits per heavy atom. The van der Waals surface area contributed by atoms with Crippen molar-refractivity contribution in [3.05, 3.63) is 45.3 Å². The first-order valence-corrected chi connectivity index (χ1v) is 6.20. The first-order valence-electron chi connectivity index (χ1n) is 5.44. The predicted octanol–water partition coefficient (Wildman–Crippen LogP) is 3.26. The molecule has 1 aliphatic rings. The van der Waals surface area contributed by atoms with Gasteiger partial charge in [0.15, 0.2) is 5.57 Å². The minimum atomic E-state index is -0.391. The van der Waals surface area contributed by atoms with Gasteiger partial charge in [-0.25, -0.2) is 0 Å². The fraction of sp³-hybridized carbons (Fsp3) is 0.231. The second-order valence-electron chi connectivity index (χ2n) is 4.03. The minimum Gasteiger partial charge on any atom is -0.467 e. The molecule has 0 aliphatic carbocycles. The molecule has 96 valence electrons. The lowest BCUT2D eigenvalue weighted by atomic mass is 10.1. The van der Waals surface area contributed by atoms with Gasteiger partial charge >= 0.3 is 0 Å². The number of rotatable bonds is 1. The van der Waals surface area contributed by atoms with Gasteiger partial charge in [0.25, 0.3) is 0 Å². The average molecular weight is 294 g/mol. The largest absolute Gasteiger partial charge is 0.467 e. The van der Waals surface area contributed by atoms with Crippen molar-refractivity contribution in [2.75, 3.05) is 13.6 Å². The van der Waals surface area contributed by atoms with Gasteiger partial charge in [-0.15, -0.1) is 0 Å². The summed E-state index contributed by atoms with van der Waals surface area (Å²) >= 11 is 12.2. The number of halogens is 2. The summed E-state index contributed by atoms with van der Waals surface area (Å²) in [6.07, 6.45) is -0.391. The molecular weight excluding hydrogens is 285 g/mol. The molecule has 1 aromatic carbocycles. The van der Waals surface area contributed by atoms with Gasteiger partial charge in [-0.3, -0.25) is 0 Å². The lowest BCUT2D eigenvalue weighted by Crippen LogP contribution is -2.13. The maximum atomic E-state index is 8.88. The summed E-state index contributed by atoms with van der Waals surface area (Å²) in [5.74, 6) is 0.256. The van der Waals surface area contributed by atoms with Crippen LogP contribution in [-0.4, -0.2) is 18.5 Å². The van der Waals surface area contributed by atoms with E-state index in [0.717, 1.165) is 0 Å². The Balaban J connectivity index is 2.41. The van der Waals surface area contributed by atoms with Gasteiger partial charge < -0.3 is 9.64 Å². The molecule has 0 amide bonds. The molecule has 1 heterocycles. The maximum Gasteiger partial charge on any atom is 0.219 e. The van der Waals surface area contributed by atoms with Gasteiger partial charge in [0.1, 0.15) is 18.2 Å². The number of hydrogen-bond donors (Lipinski definition) is 0. The normalized spacial score (nSPS) is 17.6. The molecule has 1 unspecified atom stereocenters. The van der Waals surface area contributed by atoms with E-state index in [9.17, 15) is 0 Å². The van der Waals surface area contributed by atoms with E-state index >= 15 is 0 Å². The van der Waals surface area contributed by atoms with E-state index in [2.05, 4.69) is 0 Å². The molecule has 0 saturated carbocycles. The summed E-state index contributed by atoms with van der Waals surface area (Å²) < 4.78 is 5.66. The summed E-state index contributed by atoms with van der Waals surface area (Å²) in [6, 6.07) is 8.82. The molecule has 0 radical (unpaired) electrons. The zero-order valence-corrected chi connectivity index (χ0v) is 11.5. The fourth-order valence-corrected chi connectivity index (χ4v) is 2.57. The number of allylic oxidation sites excluding steroid dienone is 1. The van der Waals surface area contributed by atoms with Crippen LogP contribution in [0.1, 0.15) is 11.7 Å². The quantitative estimate of drug-likeness (QED) is 0.746. The van der Waals surface area contributed by atoms with Crippen molar-refractivity contribution >= 4 is 23.2 Å². The van der Waals surface area contributed by atoms with Crippen molar-refractivity contribution in [1.82, 2.24) is 4.90 Å². The van der Waals surface area contributed by atoms with Crippen LogP contribution in [-0.2, 0) is 4.74 Å². The second kappa shape index (κ2) is 5.40. The smallest absolute Gasteiger partial charge is 0.219 e. The van der Waals surface area contributed by atoms with Gasteiger partial charge in [0.2, 0.25) is 5.88 Å². The van der Waals surface area contributed by atoms with Crippen LogP contribution < -0.4 is 0 Å². The van der Waals surface area contributed by atoms with Crippen molar-refractivity contribution in [1.29, 1.82) is 10.5 Å². The number of benzene rings is 1. The molecule has 0 N–H and O–H groups in total. The Bertz CT molecular complexity index is 592. The van der Waals surface area contributed by atoms with E-state index in [-0.39, 0.29) is 11.5 Å². The van der Waals surface area contributed by atoms with Gasteiger partial charge in [0.05, 0.1) is 6.54 Å². The van der Waals surface area contributed by atoms with Crippen molar-refractivity contribution in [2.24, 2.45) is 0 Å². The van der Waals surface area contributed by atoms with E-state index in [0.29, 0.717) is 22.2 Å². The highest BCUT2D eigenvalue weighted by Gasteiger charge is 2.32. The Labute approximate surface area is 121 Å². The van der Waals surface area contributed by atoms with Crippen LogP contribution in [0.5, 0.6) is 0 Å². The van der Waals surface area contributed by atoms with E-state index in [1.807, 2.05) is 12.1 Å². The third-order valence-corrected chi connectivity index (χ3v) is 3.46. The molecule has 4 nitrogen and oxygen atoms in total. The standard InChI is InChI=1S/C13H9Cl2N3O/c1-18-7-11(19-13(18)8(5-16)6-17)12-9(14)3-2-4-10(12)15/h2-4,11H,7H2,1H3. The summed E-state index contributed by atoms with van der Waals surface area (Å²) in [4.78, 5) is 1.70. The lowest BCUT2D eigenvalue weighted by molar-refractivity contribution is 0.163. The Kier molecular flexibility index (Phi) is 3.85. The summed E-state index contributed by atoms with van der Waals surface area (Å²) in [7, 11) is 1.74. The minimum absolute atomic E-state index is 0.0619. The molecule has 1 aliphatic heterocycles. The molecule has 1 fully saturated rings. The topological polar surface area (TPSA) is 60.0 Å². The van der Waals surface area contributed by atoms with E-state index in [1.165, 1.54) is 0 Å². The summed E-state index contributed by atoms with van der Waals surface area (Å²) in [5.41, 5.74) is 0.607. The predicted molar refractivity (Wildman–Crippen MR) is 71.2 cm³/mol. The van der Waals surface area contributed by atoms with E-state index < -0.39 is 6.10 Å². The Hall–Kier alpha value is -1.88. The molecule has 19 heavy (non-hydrogen) atoms. The molecular formula is C13H9Cl2N3O. The Morgan fingerprint density at radius 1 is 1.32 bits per heavy atom. The van der Waals surface area contributed by atoms with Crippen LogP contribution in [0.4, 0.5) is 0 Å². The van der Waals surface area contributed by atoms with E-state index in [4.69, 9.17) is 38.5 Å². The third-order valence-electron chi connectivity index (χ3n) is 2.80. The Morgan fingerprint density at radius 2 is 1.89 bits per heavy atom. The molecule has 0 aromatic heterocycles. The zero-order chi connectivity index (χ0) is 14.0. The molecule has 1 saturated heterocycles. The lowest BCUT2D eigenvalue weighted by Gasteiger charge is -2.12. The van der Waals surface area contributed by atoms with Crippen molar-refractivity contribution in [3.8, 4) is 12.1 Å². The highest BCUT2D eigenvalue weighted by Crippen LogP contribution is 2.38. The molecule has 1 atom stereocenters. The van der Waals surface area contributed by atoms with Gasteiger partial charge in [0, 0.05) is 22.7 Å². The summed E-state index contributed by atoms with van der Waals surface area (Å²) in [5, 5.41) is 18.8. The van der Waals surface area contributed by atoms with Crippen molar-refractivity contribution in [2.45, 2.75) is 6.10 Å². The SMILES string of the molecule is CN1CC(c2c(Cl)cccc2Cl)OC1=C(C#N)C#N. The monoisotopic (exact) mass is 293 g/mol. The fourth-order valence-electron chi connectivity index (χ4n) is 1.93. The third kappa shape index (κ3) is 2.46. The number of nitriles is 2. The first kappa shape index (κ1) is 13.5. The second-order valence-corrected chi connectivity index (χ2v) is 4.84. The van der Waals surface area contributed by atoms with Gasteiger partial charge in [-0.1, -0.05) is 29.3 Å². The number of ether oxygens (including phenoxy) is 1. The highest BCUT2D eigenvalue weighted by molar-refractivity contribution is 6.36. The van der Waals surface area contributed by atoms with Crippen molar-refractivity contribution in [3.63, 3.8) is 0 Å². The molecule has 6 heteroatoms. The maximum absolute atomic E-state index is 8.88. The molecule has 0 spiro atoms.